The van der Waals surface area contributed by atoms with E-state index in [1.165, 1.54) is 0 Å². The van der Waals surface area contributed by atoms with Gasteiger partial charge >= 0.3 is 10.3 Å². The van der Waals surface area contributed by atoms with Crippen LogP contribution < -0.4 is 4.72 Å². The van der Waals surface area contributed by atoms with Crippen molar-refractivity contribution in [1.82, 2.24) is 0 Å². The number of anilines is 1. The molecule has 5 heteroatoms. The van der Waals surface area contributed by atoms with Gasteiger partial charge < -0.3 is 4.18 Å². The molecule has 0 fully saturated rings. The maximum atomic E-state index is 11.6. The molecular formula is C14H13NO3S. The summed E-state index contributed by atoms with van der Waals surface area (Å²) < 4.78 is 30.2. The van der Waals surface area contributed by atoms with Crippen LogP contribution in [0.3, 0.4) is 0 Å². The van der Waals surface area contributed by atoms with Crippen LogP contribution in [0, 0.1) is 0 Å². The molecule has 4 nitrogen and oxygen atoms in total. The SMILES string of the molecule is O=S(=O)(Nc1ccccc1)OC=Cc1ccccc1. The van der Waals surface area contributed by atoms with Crippen LogP contribution in [-0.2, 0) is 14.5 Å². The Kier molecular flexibility index (Phi) is 4.20. The molecule has 98 valence electrons. The van der Waals surface area contributed by atoms with Gasteiger partial charge in [-0.3, -0.25) is 4.72 Å². The monoisotopic (exact) mass is 275 g/mol. The maximum Gasteiger partial charge on any atom is 0.406 e. The summed E-state index contributed by atoms with van der Waals surface area (Å²) in [5.74, 6) is 0. The van der Waals surface area contributed by atoms with Gasteiger partial charge in [0.25, 0.3) is 0 Å². The Morgan fingerprint density at radius 3 is 2.11 bits per heavy atom. The number of nitrogens with one attached hydrogen (secondary N) is 1. The van der Waals surface area contributed by atoms with E-state index in [-0.39, 0.29) is 0 Å². The van der Waals surface area contributed by atoms with E-state index in [4.69, 9.17) is 4.18 Å². The predicted molar refractivity (Wildman–Crippen MR) is 75.5 cm³/mol. The fraction of sp³-hybridized carbons (Fsp3) is 0. The van der Waals surface area contributed by atoms with E-state index in [2.05, 4.69) is 4.72 Å². The van der Waals surface area contributed by atoms with Gasteiger partial charge in [0.05, 0.1) is 5.69 Å². The predicted octanol–water partition coefficient (Wildman–Crippen LogP) is 3.03. The molecule has 0 radical (unpaired) electrons. The zero-order chi connectivity index (χ0) is 13.6. The molecule has 0 aliphatic carbocycles. The largest absolute Gasteiger partial charge is 0.406 e. The maximum absolute atomic E-state index is 11.6. The molecule has 0 aromatic heterocycles. The van der Waals surface area contributed by atoms with Crippen LogP contribution >= 0.6 is 0 Å². The summed E-state index contributed by atoms with van der Waals surface area (Å²) >= 11 is 0. The normalized spacial score (nSPS) is 11.4. The second kappa shape index (κ2) is 6.06. The number of hydrogen-bond donors (Lipinski definition) is 1. The standard InChI is InChI=1S/C14H13NO3S/c16-19(17,15-14-9-5-2-6-10-14)18-12-11-13-7-3-1-4-8-13/h1-12,15H. The molecule has 0 heterocycles. The number of rotatable bonds is 5. The Morgan fingerprint density at radius 2 is 1.47 bits per heavy atom. The van der Waals surface area contributed by atoms with Gasteiger partial charge in [0.15, 0.2) is 0 Å². The molecule has 2 aromatic rings. The molecule has 2 rings (SSSR count). The lowest BCUT2D eigenvalue weighted by molar-refractivity contribution is 0.451. The zero-order valence-electron chi connectivity index (χ0n) is 10.1. The molecule has 0 amide bonds. The minimum Gasteiger partial charge on any atom is -0.375 e. The second-order valence-electron chi connectivity index (χ2n) is 3.73. The van der Waals surface area contributed by atoms with Crippen LogP contribution in [0.4, 0.5) is 5.69 Å². The average Bonchev–Trinajstić information content (AvgIpc) is 2.40. The van der Waals surface area contributed by atoms with Crippen molar-refractivity contribution >= 4 is 22.1 Å². The lowest BCUT2D eigenvalue weighted by Crippen LogP contribution is -2.13. The Hall–Kier alpha value is -2.27. The average molecular weight is 275 g/mol. The summed E-state index contributed by atoms with van der Waals surface area (Å²) in [4.78, 5) is 0. The van der Waals surface area contributed by atoms with Gasteiger partial charge in [-0.25, -0.2) is 0 Å². The highest BCUT2D eigenvalue weighted by molar-refractivity contribution is 7.88. The summed E-state index contributed by atoms with van der Waals surface area (Å²) in [5, 5.41) is 0. The van der Waals surface area contributed by atoms with Crippen LogP contribution in [-0.4, -0.2) is 8.42 Å². The van der Waals surface area contributed by atoms with E-state index in [0.29, 0.717) is 5.69 Å². The molecular weight excluding hydrogens is 262 g/mol. The Bertz CT molecular complexity index is 637. The van der Waals surface area contributed by atoms with Gasteiger partial charge in [-0.2, -0.15) is 8.42 Å². The van der Waals surface area contributed by atoms with E-state index >= 15 is 0 Å². The molecule has 0 unspecified atom stereocenters. The molecule has 0 aliphatic heterocycles. The molecule has 0 aliphatic rings. The summed E-state index contributed by atoms with van der Waals surface area (Å²) in [5.41, 5.74) is 1.31. The molecule has 1 N–H and O–H groups in total. The van der Waals surface area contributed by atoms with Gasteiger partial charge in [0.1, 0.15) is 6.26 Å². The zero-order valence-corrected chi connectivity index (χ0v) is 10.9. The van der Waals surface area contributed by atoms with Gasteiger partial charge in [0.2, 0.25) is 0 Å². The van der Waals surface area contributed by atoms with Gasteiger partial charge in [-0.15, -0.1) is 0 Å². The third-order valence-electron chi connectivity index (χ3n) is 2.26. The Balaban J connectivity index is 1.97. The third-order valence-corrected chi connectivity index (χ3v) is 3.11. The van der Waals surface area contributed by atoms with Crippen molar-refractivity contribution in [3.05, 3.63) is 72.5 Å². The highest BCUT2D eigenvalue weighted by Gasteiger charge is 2.08. The number of para-hydroxylation sites is 1. The molecule has 0 spiro atoms. The summed E-state index contributed by atoms with van der Waals surface area (Å²) in [6.07, 6.45) is 2.71. The molecule has 0 bridgehead atoms. The van der Waals surface area contributed by atoms with Gasteiger partial charge in [-0.1, -0.05) is 48.5 Å². The van der Waals surface area contributed by atoms with E-state index in [9.17, 15) is 8.42 Å². The first kappa shape index (κ1) is 13.2. The Labute approximate surface area is 112 Å². The van der Waals surface area contributed by atoms with Crippen molar-refractivity contribution in [2.75, 3.05) is 4.72 Å². The summed E-state index contributed by atoms with van der Waals surface area (Å²) in [7, 11) is -3.84. The van der Waals surface area contributed by atoms with Crippen LogP contribution in [0.1, 0.15) is 5.56 Å². The lowest BCUT2D eigenvalue weighted by Gasteiger charge is -2.05. The van der Waals surface area contributed by atoms with Gasteiger partial charge in [0, 0.05) is 0 Å². The van der Waals surface area contributed by atoms with Crippen molar-refractivity contribution in [2.45, 2.75) is 0 Å². The summed E-state index contributed by atoms with van der Waals surface area (Å²) in [6, 6.07) is 17.8. The molecule has 0 saturated heterocycles. The highest BCUT2D eigenvalue weighted by Crippen LogP contribution is 2.09. The van der Waals surface area contributed by atoms with E-state index < -0.39 is 10.3 Å². The van der Waals surface area contributed by atoms with Crippen LogP contribution in [0.15, 0.2) is 66.9 Å². The van der Waals surface area contributed by atoms with Crippen LogP contribution in [0.25, 0.3) is 6.08 Å². The van der Waals surface area contributed by atoms with E-state index in [0.717, 1.165) is 11.8 Å². The minimum absolute atomic E-state index is 0.454. The quantitative estimate of drug-likeness (QED) is 0.853. The Morgan fingerprint density at radius 1 is 0.895 bits per heavy atom. The van der Waals surface area contributed by atoms with Crippen molar-refractivity contribution in [1.29, 1.82) is 0 Å². The first-order chi connectivity index (χ1) is 9.16. The molecule has 0 atom stereocenters. The molecule has 2 aromatic carbocycles. The third kappa shape index (κ3) is 4.48. The van der Waals surface area contributed by atoms with E-state index in [1.54, 1.807) is 36.4 Å². The number of benzene rings is 2. The fourth-order valence-electron chi connectivity index (χ4n) is 1.42. The lowest BCUT2D eigenvalue weighted by atomic mass is 10.2. The van der Waals surface area contributed by atoms with Crippen LogP contribution in [0.5, 0.6) is 0 Å². The topological polar surface area (TPSA) is 55.4 Å². The minimum atomic E-state index is -3.84. The van der Waals surface area contributed by atoms with Gasteiger partial charge in [-0.05, 0) is 23.8 Å². The summed E-state index contributed by atoms with van der Waals surface area (Å²) in [6.45, 7) is 0. The molecule has 19 heavy (non-hydrogen) atoms. The smallest absolute Gasteiger partial charge is 0.375 e. The second-order valence-corrected chi connectivity index (χ2v) is 5.04. The fourth-order valence-corrected chi connectivity index (χ4v) is 2.09. The first-order valence-corrected chi connectivity index (χ1v) is 7.04. The van der Waals surface area contributed by atoms with Crippen molar-refractivity contribution in [3.8, 4) is 0 Å². The van der Waals surface area contributed by atoms with E-state index in [1.807, 2.05) is 30.3 Å². The van der Waals surface area contributed by atoms with Crippen molar-refractivity contribution in [2.24, 2.45) is 0 Å². The molecule has 0 saturated carbocycles. The first-order valence-electron chi connectivity index (χ1n) is 5.63. The highest BCUT2D eigenvalue weighted by atomic mass is 32.2. The number of hydrogen-bond acceptors (Lipinski definition) is 3. The van der Waals surface area contributed by atoms with Crippen molar-refractivity contribution < 1.29 is 12.6 Å². The van der Waals surface area contributed by atoms with Crippen LogP contribution in [0.2, 0.25) is 0 Å². The van der Waals surface area contributed by atoms with Crippen molar-refractivity contribution in [3.63, 3.8) is 0 Å².